The number of hydrogen-bond donors (Lipinski definition) is 2. The molecule has 16 heavy (non-hydrogen) atoms. The lowest BCUT2D eigenvalue weighted by Crippen LogP contribution is -2.15. The van der Waals surface area contributed by atoms with Crippen LogP contribution in [-0.4, -0.2) is 23.1 Å². The third kappa shape index (κ3) is 2.50. The molecule has 0 saturated heterocycles. The molecule has 1 saturated carbocycles. The van der Waals surface area contributed by atoms with Gasteiger partial charge in [-0.25, -0.2) is 9.97 Å². The summed E-state index contributed by atoms with van der Waals surface area (Å²) in [6.45, 7) is 5.66. The molecule has 0 amide bonds. The van der Waals surface area contributed by atoms with E-state index < -0.39 is 0 Å². The highest BCUT2D eigenvalue weighted by Crippen LogP contribution is 2.42. The van der Waals surface area contributed by atoms with Gasteiger partial charge in [0.25, 0.3) is 0 Å². The van der Waals surface area contributed by atoms with Gasteiger partial charge in [0.15, 0.2) is 0 Å². The zero-order chi connectivity index (χ0) is 11.5. The zero-order valence-electron chi connectivity index (χ0n) is 10.0. The van der Waals surface area contributed by atoms with Crippen LogP contribution >= 0.6 is 0 Å². The fourth-order valence-electron chi connectivity index (χ4n) is 1.70. The fraction of sp³-hybridized carbons (Fsp3) is 0.667. The number of nitrogens with one attached hydrogen (secondary N) is 1. The molecule has 0 bridgehead atoms. The van der Waals surface area contributed by atoms with E-state index in [4.69, 9.17) is 5.73 Å². The monoisotopic (exact) mass is 220 g/mol. The molecule has 1 aliphatic rings. The molecule has 1 heterocycles. The Hall–Kier alpha value is -1.16. The van der Waals surface area contributed by atoms with Gasteiger partial charge in [0.05, 0.1) is 17.6 Å². The highest BCUT2D eigenvalue weighted by Gasteiger charge is 2.28. The van der Waals surface area contributed by atoms with Crippen LogP contribution in [0, 0.1) is 0 Å². The fourth-order valence-corrected chi connectivity index (χ4v) is 1.70. The molecule has 1 fully saturated rings. The van der Waals surface area contributed by atoms with Crippen LogP contribution in [0.3, 0.4) is 0 Å². The predicted octanol–water partition coefficient (Wildman–Crippen LogP) is 1.85. The Morgan fingerprint density at radius 2 is 2.25 bits per heavy atom. The number of anilines is 1. The number of hydrogen-bond acceptors (Lipinski definition) is 4. The molecular formula is C12H20N4. The Labute approximate surface area is 96.7 Å². The standard InChI is InChI=1S/C12H20N4/c1-8(2)12-15-7-10(14-6-5-13)11(16-12)9-3-4-9/h7-9,14H,3-6,13H2,1-2H3. The van der Waals surface area contributed by atoms with E-state index in [0.717, 1.165) is 18.1 Å². The molecule has 0 spiro atoms. The summed E-state index contributed by atoms with van der Waals surface area (Å²) in [5, 5.41) is 3.30. The van der Waals surface area contributed by atoms with Gasteiger partial charge in [0.2, 0.25) is 0 Å². The minimum Gasteiger partial charge on any atom is -0.381 e. The maximum atomic E-state index is 5.49. The summed E-state index contributed by atoms with van der Waals surface area (Å²) < 4.78 is 0. The van der Waals surface area contributed by atoms with Gasteiger partial charge in [-0.3, -0.25) is 0 Å². The van der Waals surface area contributed by atoms with Crippen molar-refractivity contribution in [1.82, 2.24) is 9.97 Å². The zero-order valence-corrected chi connectivity index (χ0v) is 10.0. The molecule has 1 aromatic rings. The van der Waals surface area contributed by atoms with Crippen LogP contribution in [0.15, 0.2) is 6.20 Å². The lowest BCUT2D eigenvalue weighted by Gasteiger charge is -2.12. The van der Waals surface area contributed by atoms with Crippen LogP contribution in [0.2, 0.25) is 0 Å². The first kappa shape index (κ1) is 11.3. The van der Waals surface area contributed by atoms with Crippen molar-refractivity contribution in [3.63, 3.8) is 0 Å². The predicted molar refractivity (Wildman–Crippen MR) is 65.6 cm³/mol. The quantitative estimate of drug-likeness (QED) is 0.795. The van der Waals surface area contributed by atoms with Crippen molar-refractivity contribution in [3.05, 3.63) is 17.7 Å². The van der Waals surface area contributed by atoms with Crippen molar-refractivity contribution in [2.45, 2.75) is 38.5 Å². The van der Waals surface area contributed by atoms with E-state index in [9.17, 15) is 0 Å². The normalized spacial score (nSPS) is 15.5. The SMILES string of the molecule is CC(C)c1ncc(NCCN)c(C2CC2)n1. The second-order valence-electron chi connectivity index (χ2n) is 4.67. The van der Waals surface area contributed by atoms with Crippen LogP contribution in [0.5, 0.6) is 0 Å². The second kappa shape index (κ2) is 4.78. The van der Waals surface area contributed by atoms with E-state index in [1.807, 2.05) is 6.20 Å². The second-order valence-corrected chi connectivity index (χ2v) is 4.67. The molecule has 0 radical (unpaired) electrons. The van der Waals surface area contributed by atoms with Crippen molar-refractivity contribution in [2.24, 2.45) is 5.73 Å². The summed E-state index contributed by atoms with van der Waals surface area (Å²) in [6.07, 6.45) is 4.42. The third-order valence-electron chi connectivity index (χ3n) is 2.78. The van der Waals surface area contributed by atoms with Gasteiger partial charge in [-0.1, -0.05) is 13.8 Å². The minimum atomic E-state index is 0.390. The van der Waals surface area contributed by atoms with Gasteiger partial charge in [-0.05, 0) is 12.8 Å². The largest absolute Gasteiger partial charge is 0.381 e. The van der Waals surface area contributed by atoms with Crippen LogP contribution in [-0.2, 0) is 0 Å². The average Bonchev–Trinajstić information content (AvgIpc) is 3.09. The number of rotatable bonds is 5. The Balaban J connectivity index is 2.22. The molecule has 1 aliphatic carbocycles. The Bertz CT molecular complexity index is 358. The molecule has 0 aromatic carbocycles. The number of nitrogens with two attached hydrogens (primary N) is 1. The van der Waals surface area contributed by atoms with Crippen molar-refractivity contribution in [2.75, 3.05) is 18.4 Å². The van der Waals surface area contributed by atoms with Crippen LogP contribution < -0.4 is 11.1 Å². The molecule has 2 rings (SSSR count). The van der Waals surface area contributed by atoms with Crippen molar-refractivity contribution in [1.29, 1.82) is 0 Å². The van der Waals surface area contributed by atoms with Gasteiger partial charge in [0, 0.05) is 24.9 Å². The molecule has 1 aromatic heterocycles. The topological polar surface area (TPSA) is 63.8 Å². The van der Waals surface area contributed by atoms with Crippen molar-refractivity contribution >= 4 is 5.69 Å². The first-order valence-corrected chi connectivity index (χ1v) is 6.03. The van der Waals surface area contributed by atoms with Gasteiger partial charge in [0.1, 0.15) is 5.82 Å². The maximum Gasteiger partial charge on any atom is 0.131 e. The highest BCUT2D eigenvalue weighted by atomic mass is 15.0. The molecule has 4 nitrogen and oxygen atoms in total. The molecule has 4 heteroatoms. The highest BCUT2D eigenvalue weighted by molar-refractivity contribution is 5.49. The summed E-state index contributed by atoms with van der Waals surface area (Å²) in [5.74, 6) is 1.97. The Morgan fingerprint density at radius 3 is 2.81 bits per heavy atom. The lowest BCUT2D eigenvalue weighted by atomic mass is 10.2. The molecule has 0 aliphatic heterocycles. The minimum absolute atomic E-state index is 0.390. The van der Waals surface area contributed by atoms with E-state index in [1.165, 1.54) is 18.5 Å². The summed E-state index contributed by atoms with van der Waals surface area (Å²) >= 11 is 0. The molecule has 0 unspecified atom stereocenters. The van der Waals surface area contributed by atoms with Gasteiger partial charge < -0.3 is 11.1 Å². The van der Waals surface area contributed by atoms with Crippen molar-refractivity contribution in [3.8, 4) is 0 Å². The smallest absolute Gasteiger partial charge is 0.131 e. The summed E-state index contributed by atoms with van der Waals surface area (Å²) in [7, 11) is 0. The third-order valence-corrected chi connectivity index (χ3v) is 2.78. The summed E-state index contributed by atoms with van der Waals surface area (Å²) in [5.41, 5.74) is 7.75. The molecule has 3 N–H and O–H groups in total. The van der Waals surface area contributed by atoms with E-state index in [2.05, 4.69) is 29.1 Å². The number of aromatic nitrogens is 2. The van der Waals surface area contributed by atoms with Crippen LogP contribution in [0.25, 0.3) is 0 Å². The van der Waals surface area contributed by atoms with Crippen LogP contribution in [0.4, 0.5) is 5.69 Å². The number of nitrogens with zero attached hydrogens (tertiary/aromatic N) is 2. The molecular weight excluding hydrogens is 200 g/mol. The molecule has 0 atom stereocenters. The van der Waals surface area contributed by atoms with Gasteiger partial charge in [-0.2, -0.15) is 0 Å². The van der Waals surface area contributed by atoms with E-state index >= 15 is 0 Å². The van der Waals surface area contributed by atoms with Crippen molar-refractivity contribution < 1.29 is 0 Å². The molecule has 88 valence electrons. The average molecular weight is 220 g/mol. The van der Waals surface area contributed by atoms with Crippen LogP contribution in [0.1, 0.15) is 50.0 Å². The maximum absolute atomic E-state index is 5.49. The first-order valence-electron chi connectivity index (χ1n) is 6.03. The Morgan fingerprint density at radius 1 is 1.50 bits per heavy atom. The Kier molecular flexibility index (Phi) is 3.39. The van der Waals surface area contributed by atoms with E-state index in [-0.39, 0.29) is 0 Å². The van der Waals surface area contributed by atoms with Gasteiger partial charge in [-0.15, -0.1) is 0 Å². The summed E-state index contributed by atoms with van der Waals surface area (Å²) in [6, 6.07) is 0. The van der Waals surface area contributed by atoms with E-state index in [0.29, 0.717) is 18.4 Å². The lowest BCUT2D eigenvalue weighted by molar-refractivity contribution is 0.757. The van der Waals surface area contributed by atoms with Gasteiger partial charge >= 0.3 is 0 Å². The summed E-state index contributed by atoms with van der Waals surface area (Å²) in [4.78, 5) is 9.06. The van der Waals surface area contributed by atoms with E-state index in [1.54, 1.807) is 0 Å². The first-order chi connectivity index (χ1) is 7.72.